The summed E-state index contributed by atoms with van der Waals surface area (Å²) in [4.78, 5) is 25.4. The molecule has 1 fully saturated rings. The van der Waals surface area contributed by atoms with E-state index in [-0.39, 0.29) is 30.1 Å². The molecule has 1 atom stereocenters. The highest BCUT2D eigenvalue weighted by Crippen LogP contribution is 2.20. The number of piperidine rings is 1. The van der Waals surface area contributed by atoms with E-state index in [9.17, 15) is 9.59 Å². The van der Waals surface area contributed by atoms with Crippen LogP contribution in [0.5, 0.6) is 0 Å². The minimum atomic E-state index is -1.11. The van der Waals surface area contributed by atoms with Gasteiger partial charge >= 0.3 is 5.97 Å². The minimum absolute atomic E-state index is 0.0223. The monoisotopic (exact) mass is 294 g/mol. The first-order valence-electron chi connectivity index (χ1n) is 7.38. The fraction of sp³-hybridized carbons (Fsp3) is 0.714. The standard InChI is InChI=1S/C14H22N4O3/c1-9(2)13-12(14(20)21)15-16-18(13)8-11(19)17-7-5-4-6-10(17)3/h9-10H,4-8H2,1-3H3,(H,20,21). The fourth-order valence-electron chi connectivity index (χ4n) is 2.85. The fourth-order valence-corrected chi connectivity index (χ4v) is 2.85. The average Bonchev–Trinajstić information content (AvgIpc) is 2.83. The van der Waals surface area contributed by atoms with Gasteiger partial charge in [0.2, 0.25) is 5.91 Å². The Kier molecular flexibility index (Phi) is 4.59. The van der Waals surface area contributed by atoms with Gasteiger partial charge in [0.05, 0.1) is 5.69 Å². The van der Waals surface area contributed by atoms with Crippen LogP contribution in [0.15, 0.2) is 0 Å². The molecule has 0 saturated carbocycles. The summed E-state index contributed by atoms with van der Waals surface area (Å²) in [6.07, 6.45) is 3.18. The average molecular weight is 294 g/mol. The SMILES string of the molecule is CC(C)c1c(C(=O)O)nnn1CC(=O)N1CCCCC1C. The van der Waals surface area contributed by atoms with Crippen LogP contribution in [0.2, 0.25) is 0 Å². The first-order chi connectivity index (χ1) is 9.91. The van der Waals surface area contributed by atoms with E-state index in [0.29, 0.717) is 5.69 Å². The molecule has 1 aromatic heterocycles. The Morgan fingerprint density at radius 3 is 2.67 bits per heavy atom. The third-order valence-electron chi connectivity index (χ3n) is 3.93. The van der Waals surface area contributed by atoms with Crippen LogP contribution in [0.4, 0.5) is 0 Å². The lowest BCUT2D eigenvalue weighted by molar-refractivity contribution is -0.135. The largest absolute Gasteiger partial charge is 0.476 e. The molecule has 0 spiro atoms. The van der Waals surface area contributed by atoms with Gasteiger partial charge in [0.1, 0.15) is 6.54 Å². The van der Waals surface area contributed by atoms with E-state index in [4.69, 9.17) is 5.11 Å². The highest BCUT2D eigenvalue weighted by molar-refractivity contribution is 5.87. The van der Waals surface area contributed by atoms with E-state index < -0.39 is 5.97 Å². The molecule has 0 aromatic carbocycles. The van der Waals surface area contributed by atoms with Gasteiger partial charge in [-0.15, -0.1) is 5.10 Å². The van der Waals surface area contributed by atoms with Gasteiger partial charge in [-0.3, -0.25) is 4.79 Å². The molecule has 116 valence electrons. The van der Waals surface area contributed by atoms with Crippen LogP contribution in [0.25, 0.3) is 0 Å². The third kappa shape index (κ3) is 3.22. The van der Waals surface area contributed by atoms with Crippen molar-refractivity contribution in [3.05, 3.63) is 11.4 Å². The van der Waals surface area contributed by atoms with Crippen molar-refractivity contribution in [1.29, 1.82) is 0 Å². The number of amides is 1. The van der Waals surface area contributed by atoms with Crippen LogP contribution in [0, 0.1) is 0 Å². The molecule has 1 amide bonds. The molecule has 2 heterocycles. The number of likely N-dealkylation sites (tertiary alicyclic amines) is 1. The third-order valence-corrected chi connectivity index (χ3v) is 3.93. The Labute approximate surface area is 123 Å². The number of hydrogen-bond donors (Lipinski definition) is 1. The van der Waals surface area contributed by atoms with Crippen LogP contribution in [-0.4, -0.2) is 49.5 Å². The zero-order chi connectivity index (χ0) is 15.6. The van der Waals surface area contributed by atoms with Crippen molar-refractivity contribution in [3.63, 3.8) is 0 Å². The number of carboxylic acids is 1. The molecule has 1 aliphatic heterocycles. The molecule has 0 aliphatic carbocycles. The number of rotatable bonds is 4. The van der Waals surface area contributed by atoms with Gasteiger partial charge in [-0.05, 0) is 32.1 Å². The first kappa shape index (κ1) is 15.5. The molecule has 7 heteroatoms. The molecule has 1 unspecified atom stereocenters. The maximum Gasteiger partial charge on any atom is 0.358 e. The molecule has 0 bridgehead atoms. The minimum Gasteiger partial charge on any atom is -0.476 e. The van der Waals surface area contributed by atoms with E-state index >= 15 is 0 Å². The number of nitrogens with zero attached hydrogens (tertiary/aromatic N) is 4. The molecule has 1 saturated heterocycles. The second kappa shape index (κ2) is 6.24. The van der Waals surface area contributed by atoms with Crippen LogP contribution >= 0.6 is 0 Å². The van der Waals surface area contributed by atoms with E-state index in [1.807, 2.05) is 25.7 Å². The van der Waals surface area contributed by atoms with Gasteiger partial charge in [-0.1, -0.05) is 19.1 Å². The zero-order valence-electron chi connectivity index (χ0n) is 12.7. The lowest BCUT2D eigenvalue weighted by atomic mass is 10.0. The molecule has 2 rings (SSSR count). The molecule has 0 radical (unpaired) electrons. The number of carbonyl (C=O) groups excluding carboxylic acids is 1. The van der Waals surface area contributed by atoms with Crippen molar-refractivity contribution in [1.82, 2.24) is 19.9 Å². The van der Waals surface area contributed by atoms with Crippen LogP contribution < -0.4 is 0 Å². The lowest BCUT2D eigenvalue weighted by Crippen LogP contribution is -2.43. The summed E-state index contributed by atoms with van der Waals surface area (Å²) in [5.41, 5.74) is 0.435. The number of carboxylic acid groups (broad SMARTS) is 1. The van der Waals surface area contributed by atoms with E-state index in [2.05, 4.69) is 10.3 Å². The normalized spacial score (nSPS) is 19.0. The van der Waals surface area contributed by atoms with Gasteiger partial charge < -0.3 is 10.0 Å². The van der Waals surface area contributed by atoms with Crippen molar-refractivity contribution < 1.29 is 14.7 Å². The summed E-state index contributed by atoms with van der Waals surface area (Å²) in [6, 6.07) is 0.233. The van der Waals surface area contributed by atoms with Crippen molar-refractivity contribution >= 4 is 11.9 Å². The number of carbonyl (C=O) groups is 2. The number of aromatic carboxylic acids is 1. The van der Waals surface area contributed by atoms with Gasteiger partial charge in [0.15, 0.2) is 5.69 Å². The van der Waals surface area contributed by atoms with Crippen molar-refractivity contribution in [2.75, 3.05) is 6.54 Å². The van der Waals surface area contributed by atoms with Gasteiger partial charge in [-0.2, -0.15) is 0 Å². The molecule has 1 aliphatic rings. The zero-order valence-corrected chi connectivity index (χ0v) is 12.7. The van der Waals surface area contributed by atoms with Crippen LogP contribution in [0.3, 0.4) is 0 Å². The Balaban J connectivity index is 2.19. The first-order valence-corrected chi connectivity index (χ1v) is 7.38. The topological polar surface area (TPSA) is 88.3 Å². The van der Waals surface area contributed by atoms with Gasteiger partial charge in [0, 0.05) is 12.6 Å². The van der Waals surface area contributed by atoms with Gasteiger partial charge in [0.25, 0.3) is 0 Å². The molecule has 21 heavy (non-hydrogen) atoms. The smallest absolute Gasteiger partial charge is 0.358 e. The summed E-state index contributed by atoms with van der Waals surface area (Å²) in [5.74, 6) is -1.19. The Morgan fingerprint density at radius 2 is 2.10 bits per heavy atom. The maximum absolute atomic E-state index is 12.4. The molecular formula is C14H22N4O3. The Morgan fingerprint density at radius 1 is 1.38 bits per heavy atom. The predicted molar refractivity (Wildman–Crippen MR) is 76.1 cm³/mol. The molecule has 1 aromatic rings. The van der Waals surface area contributed by atoms with Crippen molar-refractivity contribution in [3.8, 4) is 0 Å². The second-order valence-corrected chi connectivity index (χ2v) is 5.87. The summed E-state index contributed by atoms with van der Waals surface area (Å²) < 4.78 is 1.43. The second-order valence-electron chi connectivity index (χ2n) is 5.87. The molecular weight excluding hydrogens is 272 g/mol. The molecule has 7 nitrogen and oxygen atoms in total. The van der Waals surface area contributed by atoms with E-state index in [0.717, 1.165) is 25.8 Å². The summed E-state index contributed by atoms with van der Waals surface area (Å²) >= 11 is 0. The number of hydrogen-bond acceptors (Lipinski definition) is 4. The van der Waals surface area contributed by atoms with E-state index in [1.165, 1.54) is 4.68 Å². The summed E-state index contributed by atoms with van der Waals surface area (Å²) in [6.45, 7) is 6.60. The Hall–Kier alpha value is -1.92. The van der Waals surface area contributed by atoms with Crippen molar-refractivity contribution in [2.45, 2.75) is 58.5 Å². The highest BCUT2D eigenvalue weighted by atomic mass is 16.4. The summed E-state index contributed by atoms with van der Waals surface area (Å²) in [7, 11) is 0. The van der Waals surface area contributed by atoms with Crippen LogP contribution in [0.1, 0.15) is 62.1 Å². The predicted octanol–water partition coefficient (Wildman–Crippen LogP) is 1.50. The number of aromatic nitrogens is 3. The van der Waals surface area contributed by atoms with Crippen molar-refractivity contribution in [2.24, 2.45) is 0 Å². The van der Waals surface area contributed by atoms with Gasteiger partial charge in [-0.25, -0.2) is 9.48 Å². The lowest BCUT2D eigenvalue weighted by Gasteiger charge is -2.33. The Bertz CT molecular complexity index is 538. The quantitative estimate of drug-likeness (QED) is 0.909. The maximum atomic E-state index is 12.4. The highest BCUT2D eigenvalue weighted by Gasteiger charge is 2.27. The summed E-state index contributed by atoms with van der Waals surface area (Å²) in [5, 5.41) is 16.7. The van der Waals surface area contributed by atoms with Crippen LogP contribution in [-0.2, 0) is 11.3 Å². The van der Waals surface area contributed by atoms with E-state index in [1.54, 1.807) is 0 Å². The molecule has 1 N–H and O–H groups in total.